The number of carbonyl (C=O) groups is 1. The van der Waals surface area contributed by atoms with Gasteiger partial charge in [0.05, 0.1) is 16.7 Å². The molecule has 176 valence electrons. The van der Waals surface area contributed by atoms with Crippen LogP contribution in [0.15, 0.2) is 64.5 Å². The van der Waals surface area contributed by atoms with E-state index in [4.69, 9.17) is 0 Å². The molecule has 8 nitrogen and oxygen atoms in total. The molecule has 0 radical (unpaired) electrons. The fraction of sp³-hybridized carbons (Fsp3) is 0.360. The van der Waals surface area contributed by atoms with Gasteiger partial charge in [-0.15, -0.1) is 10.2 Å². The highest BCUT2D eigenvalue weighted by Crippen LogP contribution is 2.22. The van der Waals surface area contributed by atoms with Crippen LogP contribution in [0.2, 0.25) is 0 Å². The number of rotatable bonds is 7. The summed E-state index contributed by atoms with van der Waals surface area (Å²) in [6.45, 7) is 6.71. The summed E-state index contributed by atoms with van der Waals surface area (Å²) >= 11 is 1.38. The van der Waals surface area contributed by atoms with Crippen molar-refractivity contribution in [2.75, 3.05) is 31.9 Å². The Bertz CT molecular complexity index is 1360. The summed E-state index contributed by atoms with van der Waals surface area (Å²) in [6.07, 6.45) is 0.817. The summed E-state index contributed by atoms with van der Waals surface area (Å²) in [7, 11) is 0. The number of para-hydroxylation sites is 1. The maximum atomic E-state index is 13.0. The molecule has 0 aliphatic carbocycles. The number of hydrogen-bond donors (Lipinski definition) is 0. The van der Waals surface area contributed by atoms with Gasteiger partial charge in [-0.05, 0) is 24.1 Å². The second kappa shape index (κ2) is 9.99. The lowest BCUT2D eigenvalue weighted by Crippen LogP contribution is -2.48. The Labute approximate surface area is 202 Å². The average molecular weight is 477 g/mol. The number of nitrogens with zero attached hydrogens (tertiary/aromatic N) is 6. The molecule has 1 fully saturated rings. The molecule has 0 unspecified atom stereocenters. The zero-order valence-electron chi connectivity index (χ0n) is 19.3. The summed E-state index contributed by atoms with van der Waals surface area (Å²) in [6, 6.07) is 17.9. The molecule has 0 atom stereocenters. The number of fused-ring (bicyclic) bond motifs is 3. The first-order chi connectivity index (χ1) is 16.7. The largest absolute Gasteiger partial charge is 0.339 e. The molecule has 1 saturated heterocycles. The first-order valence-electron chi connectivity index (χ1n) is 11.7. The van der Waals surface area contributed by atoms with Gasteiger partial charge >= 0.3 is 0 Å². The van der Waals surface area contributed by atoms with E-state index in [-0.39, 0.29) is 11.5 Å². The lowest BCUT2D eigenvalue weighted by atomic mass is 10.2. The van der Waals surface area contributed by atoms with Crippen LogP contribution in [0.3, 0.4) is 0 Å². The Morgan fingerprint density at radius 2 is 1.71 bits per heavy atom. The molecule has 34 heavy (non-hydrogen) atoms. The van der Waals surface area contributed by atoms with Crippen molar-refractivity contribution < 1.29 is 4.79 Å². The summed E-state index contributed by atoms with van der Waals surface area (Å²) in [5.41, 5.74) is 2.01. The van der Waals surface area contributed by atoms with Crippen molar-refractivity contribution in [2.45, 2.75) is 31.6 Å². The summed E-state index contributed by atoms with van der Waals surface area (Å²) in [5, 5.41) is 9.92. The number of thioether (sulfide) groups is 1. The molecule has 3 heterocycles. The lowest BCUT2D eigenvalue weighted by molar-refractivity contribution is -0.130. The number of aryl methyl sites for hydroxylation is 1. The molecule has 0 bridgehead atoms. The molecule has 4 aromatic rings. The smallest absolute Gasteiger partial charge is 0.262 e. The van der Waals surface area contributed by atoms with Crippen LogP contribution in [0, 0.1) is 0 Å². The Hall–Kier alpha value is -3.17. The van der Waals surface area contributed by atoms with Crippen molar-refractivity contribution in [3.05, 3.63) is 70.5 Å². The van der Waals surface area contributed by atoms with Crippen LogP contribution in [0.1, 0.15) is 18.9 Å². The third-order valence-corrected chi connectivity index (χ3v) is 7.14. The molecule has 5 rings (SSSR count). The number of benzene rings is 2. The Kier molecular flexibility index (Phi) is 6.64. The zero-order chi connectivity index (χ0) is 23.5. The van der Waals surface area contributed by atoms with E-state index in [0.717, 1.165) is 44.7 Å². The fourth-order valence-electron chi connectivity index (χ4n) is 4.47. The number of piperazine rings is 1. The molecular weight excluding hydrogens is 448 g/mol. The van der Waals surface area contributed by atoms with Gasteiger partial charge in [-0.25, -0.2) is 0 Å². The maximum absolute atomic E-state index is 13.0. The third-order valence-electron chi connectivity index (χ3n) is 6.22. The maximum Gasteiger partial charge on any atom is 0.262 e. The average Bonchev–Trinajstić information content (AvgIpc) is 3.30. The van der Waals surface area contributed by atoms with Crippen LogP contribution in [-0.2, 0) is 17.9 Å². The highest BCUT2D eigenvalue weighted by atomic mass is 32.2. The summed E-state index contributed by atoms with van der Waals surface area (Å²) in [5.74, 6) is 0.920. The second-order valence-electron chi connectivity index (χ2n) is 8.52. The Morgan fingerprint density at radius 3 is 2.47 bits per heavy atom. The molecule has 9 heteroatoms. The van der Waals surface area contributed by atoms with E-state index in [0.29, 0.717) is 28.6 Å². The predicted molar refractivity (Wildman–Crippen MR) is 134 cm³/mol. The van der Waals surface area contributed by atoms with Crippen LogP contribution < -0.4 is 5.56 Å². The van der Waals surface area contributed by atoms with Gasteiger partial charge in [0, 0.05) is 39.3 Å². The van der Waals surface area contributed by atoms with Gasteiger partial charge in [0.2, 0.25) is 11.7 Å². The SMILES string of the molecule is CCCn1c(=O)c2ccccc2n2c(SCC(=O)N3CCN(Cc4ccccc4)CC3)nnc12. The van der Waals surface area contributed by atoms with Crippen molar-refractivity contribution >= 4 is 34.3 Å². The van der Waals surface area contributed by atoms with Crippen LogP contribution in [-0.4, -0.2) is 66.8 Å². The number of carbonyl (C=O) groups excluding carboxylic acids is 1. The molecule has 1 aliphatic heterocycles. The fourth-order valence-corrected chi connectivity index (χ4v) is 5.31. The van der Waals surface area contributed by atoms with E-state index in [1.165, 1.54) is 17.3 Å². The van der Waals surface area contributed by atoms with Crippen molar-refractivity contribution in [1.29, 1.82) is 0 Å². The standard InChI is InChI=1S/C25H28N6O2S/c1-2-12-30-23(33)20-10-6-7-11-21(20)31-24(30)26-27-25(31)34-18-22(32)29-15-13-28(14-16-29)17-19-8-4-3-5-9-19/h3-11H,2,12-18H2,1H3. The number of amides is 1. The topological polar surface area (TPSA) is 75.7 Å². The molecule has 1 amide bonds. The summed E-state index contributed by atoms with van der Waals surface area (Å²) < 4.78 is 3.58. The molecule has 1 aliphatic rings. The Morgan fingerprint density at radius 1 is 0.971 bits per heavy atom. The quantitative estimate of drug-likeness (QED) is 0.382. The lowest BCUT2D eigenvalue weighted by Gasteiger charge is -2.34. The Balaban J connectivity index is 1.28. The van der Waals surface area contributed by atoms with Gasteiger partial charge in [0.15, 0.2) is 5.16 Å². The molecular formula is C25H28N6O2S. The van der Waals surface area contributed by atoms with Gasteiger partial charge in [-0.2, -0.15) is 0 Å². The minimum Gasteiger partial charge on any atom is -0.339 e. The van der Waals surface area contributed by atoms with E-state index in [9.17, 15) is 9.59 Å². The first-order valence-corrected chi connectivity index (χ1v) is 12.7. The van der Waals surface area contributed by atoms with Crippen LogP contribution in [0.5, 0.6) is 0 Å². The molecule has 2 aromatic heterocycles. The molecule has 0 saturated carbocycles. The predicted octanol–water partition coefficient (Wildman–Crippen LogP) is 2.89. The van der Waals surface area contributed by atoms with Crippen LogP contribution in [0.25, 0.3) is 16.7 Å². The van der Waals surface area contributed by atoms with Gasteiger partial charge in [-0.3, -0.25) is 23.5 Å². The molecule has 0 N–H and O–H groups in total. The van der Waals surface area contributed by atoms with E-state index in [2.05, 4.69) is 39.4 Å². The summed E-state index contributed by atoms with van der Waals surface area (Å²) in [4.78, 5) is 30.2. The highest BCUT2D eigenvalue weighted by Gasteiger charge is 2.23. The van der Waals surface area contributed by atoms with E-state index >= 15 is 0 Å². The van der Waals surface area contributed by atoms with Crippen molar-refractivity contribution in [1.82, 2.24) is 29.0 Å². The highest BCUT2D eigenvalue weighted by molar-refractivity contribution is 7.99. The zero-order valence-corrected chi connectivity index (χ0v) is 20.1. The van der Waals surface area contributed by atoms with Crippen molar-refractivity contribution in [3.8, 4) is 0 Å². The van der Waals surface area contributed by atoms with E-state index < -0.39 is 0 Å². The van der Waals surface area contributed by atoms with Gasteiger partial charge in [-0.1, -0.05) is 61.2 Å². The minimum atomic E-state index is -0.0571. The van der Waals surface area contributed by atoms with Gasteiger partial charge in [0.25, 0.3) is 5.56 Å². The third kappa shape index (κ3) is 4.45. The van der Waals surface area contributed by atoms with Crippen LogP contribution in [0.4, 0.5) is 0 Å². The molecule has 0 spiro atoms. The number of aromatic nitrogens is 4. The molecule has 2 aromatic carbocycles. The number of hydrogen-bond acceptors (Lipinski definition) is 6. The minimum absolute atomic E-state index is 0.0571. The first kappa shape index (κ1) is 22.6. The van der Waals surface area contributed by atoms with Gasteiger partial charge in [0.1, 0.15) is 0 Å². The van der Waals surface area contributed by atoms with Crippen molar-refractivity contribution in [3.63, 3.8) is 0 Å². The van der Waals surface area contributed by atoms with E-state index in [1.54, 1.807) is 4.57 Å². The monoisotopic (exact) mass is 476 g/mol. The second-order valence-corrected chi connectivity index (χ2v) is 9.47. The van der Waals surface area contributed by atoms with Crippen LogP contribution >= 0.6 is 11.8 Å². The normalized spacial score (nSPS) is 14.8. The van der Waals surface area contributed by atoms with Crippen molar-refractivity contribution in [2.24, 2.45) is 0 Å². The van der Waals surface area contributed by atoms with E-state index in [1.807, 2.05) is 46.6 Å². The van der Waals surface area contributed by atoms with Gasteiger partial charge < -0.3 is 4.90 Å².